The van der Waals surface area contributed by atoms with Crippen LogP contribution in [0.2, 0.25) is 5.02 Å². The first kappa shape index (κ1) is 16.5. The SMILES string of the molecule is Cc1ccc(N2C(=O)c3cccnc3[C@H]2Nc2ccc(F)cc2Cl)cc1. The van der Waals surface area contributed by atoms with Crippen LogP contribution in [0.25, 0.3) is 0 Å². The quantitative estimate of drug-likeness (QED) is 0.712. The van der Waals surface area contributed by atoms with Gasteiger partial charge in [-0.15, -0.1) is 0 Å². The van der Waals surface area contributed by atoms with Crippen LogP contribution in [-0.4, -0.2) is 10.9 Å². The molecule has 3 aromatic rings. The topological polar surface area (TPSA) is 45.2 Å². The van der Waals surface area contributed by atoms with Crippen molar-refractivity contribution in [2.24, 2.45) is 0 Å². The molecule has 0 saturated heterocycles. The van der Waals surface area contributed by atoms with E-state index in [1.165, 1.54) is 12.1 Å². The molecule has 0 fully saturated rings. The number of amides is 1. The Labute approximate surface area is 155 Å². The van der Waals surface area contributed by atoms with Crippen LogP contribution < -0.4 is 10.2 Å². The first-order valence-electron chi connectivity index (χ1n) is 8.11. The summed E-state index contributed by atoms with van der Waals surface area (Å²) in [6.45, 7) is 1.99. The summed E-state index contributed by atoms with van der Waals surface area (Å²) < 4.78 is 13.4. The fraction of sp³-hybridized carbons (Fsp3) is 0.100. The van der Waals surface area contributed by atoms with Gasteiger partial charge >= 0.3 is 0 Å². The Morgan fingerprint density at radius 3 is 2.65 bits per heavy atom. The molecule has 0 bridgehead atoms. The Balaban J connectivity index is 1.79. The van der Waals surface area contributed by atoms with E-state index in [-0.39, 0.29) is 10.9 Å². The second kappa shape index (κ2) is 6.42. The van der Waals surface area contributed by atoms with Gasteiger partial charge in [0.05, 0.1) is 22.0 Å². The zero-order valence-electron chi connectivity index (χ0n) is 13.9. The molecular formula is C20H15ClFN3O. The van der Waals surface area contributed by atoms with E-state index >= 15 is 0 Å². The number of anilines is 2. The number of hydrogen-bond acceptors (Lipinski definition) is 3. The summed E-state index contributed by atoms with van der Waals surface area (Å²) in [5.74, 6) is -0.565. The lowest BCUT2D eigenvalue weighted by molar-refractivity contribution is 0.0993. The molecule has 2 heterocycles. The highest BCUT2D eigenvalue weighted by Gasteiger charge is 2.39. The number of aryl methyl sites for hydroxylation is 1. The summed E-state index contributed by atoms with van der Waals surface area (Å²) in [4.78, 5) is 19.0. The molecule has 26 heavy (non-hydrogen) atoms. The van der Waals surface area contributed by atoms with Crippen LogP contribution in [0.3, 0.4) is 0 Å². The summed E-state index contributed by atoms with van der Waals surface area (Å²) in [6.07, 6.45) is 1.11. The number of carbonyl (C=O) groups excluding carboxylic acids is 1. The van der Waals surface area contributed by atoms with E-state index in [0.29, 0.717) is 16.9 Å². The third kappa shape index (κ3) is 2.80. The molecule has 0 radical (unpaired) electrons. The maximum Gasteiger partial charge on any atom is 0.262 e. The van der Waals surface area contributed by atoms with Gasteiger partial charge in [0.15, 0.2) is 6.17 Å². The van der Waals surface area contributed by atoms with E-state index in [9.17, 15) is 9.18 Å². The Morgan fingerprint density at radius 1 is 1.15 bits per heavy atom. The van der Waals surface area contributed by atoms with Crippen LogP contribution >= 0.6 is 11.6 Å². The maximum absolute atomic E-state index is 13.4. The monoisotopic (exact) mass is 367 g/mol. The predicted octanol–water partition coefficient (Wildman–Crippen LogP) is 4.95. The first-order chi connectivity index (χ1) is 12.5. The minimum atomic E-state index is -0.538. The summed E-state index contributed by atoms with van der Waals surface area (Å²) in [5, 5.41) is 3.47. The van der Waals surface area contributed by atoms with Gasteiger partial charge in [-0.3, -0.25) is 14.7 Å². The van der Waals surface area contributed by atoms with E-state index in [4.69, 9.17) is 11.6 Å². The van der Waals surface area contributed by atoms with Crippen molar-refractivity contribution in [2.45, 2.75) is 13.1 Å². The highest BCUT2D eigenvalue weighted by atomic mass is 35.5. The van der Waals surface area contributed by atoms with Crippen LogP contribution in [0.5, 0.6) is 0 Å². The van der Waals surface area contributed by atoms with Gasteiger partial charge in [-0.1, -0.05) is 29.3 Å². The molecule has 1 aliphatic heterocycles. The zero-order chi connectivity index (χ0) is 18.3. The average molecular weight is 368 g/mol. The van der Waals surface area contributed by atoms with E-state index < -0.39 is 12.0 Å². The van der Waals surface area contributed by atoms with Crippen molar-refractivity contribution in [3.63, 3.8) is 0 Å². The number of carbonyl (C=O) groups is 1. The number of rotatable bonds is 3. The molecule has 1 aliphatic rings. The Bertz CT molecular complexity index is 991. The predicted molar refractivity (Wildman–Crippen MR) is 100.0 cm³/mol. The van der Waals surface area contributed by atoms with Gasteiger partial charge in [0, 0.05) is 11.9 Å². The van der Waals surface area contributed by atoms with Crippen LogP contribution in [0.1, 0.15) is 27.8 Å². The average Bonchev–Trinajstić information content (AvgIpc) is 2.91. The molecule has 1 N–H and O–H groups in total. The molecule has 0 aliphatic carbocycles. The van der Waals surface area contributed by atoms with Gasteiger partial charge < -0.3 is 5.32 Å². The Hall–Kier alpha value is -2.92. The lowest BCUT2D eigenvalue weighted by Crippen LogP contribution is -2.32. The number of nitrogens with zero attached hydrogens (tertiary/aromatic N) is 2. The minimum Gasteiger partial charge on any atom is -0.359 e. The van der Waals surface area contributed by atoms with Gasteiger partial charge in [-0.25, -0.2) is 4.39 Å². The van der Waals surface area contributed by atoms with Crippen LogP contribution in [0.4, 0.5) is 15.8 Å². The van der Waals surface area contributed by atoms with E-state index in [1.807, 2.05) is 31.2 Å². The lowest BCUT2D eigenvalue weighted by Gasteiger charge is -2.27. The molecule has 1 atom stereocenters. The zero-order valence-corrected chi connectivity index (χ0v) is 14.7. The molecule has 0 spiro atoms. The molecule has 2 aromatic carbocycles. The number of fused-ring (bicyclic) bond motifs is 1. The molecule has 0 unspecified atom stereocenters. The largest absolute Gasteiger partial charge is 0.359 e. The normalized spacial score (nSPS) is 15.9. The van der Waals surface area contributed by atoms with Gasteiger partial charge in [0.25, 0.3) is 5.91 Å². The number of aromatic nitrogens is 1. The maximum atomic E-state index is 13.4. The van der Waals surface area contributed by atoms with Gasteiger partial charge in [-0.2, -0.15) is 0 Å². The molecule has 1 amide bonds. The number of halogens is 2. The fourth-order valence-corrected chi connectivity index (χ4v) is 3.27. The van der Waals surface area contributed by atoms with Crippen molar-refractivity contribution in [3.8, 4) is 0 Å². The van der Waals surface area contributed by atoms with Gasteiger partial charge in [0.2, 0.25) is 0 Å². The molecule has 6 heteroatoms. The van der Waals surface area contributed by atoms with Crippen LogP contribution in [-0.2, 0) is 0 Å². The summed E-state index contributed by atoms with van der Waals surface area (Å²) in [6, 6.07) is 15.3. The summed E-state index contributed by atoms with van der Waals surface area (Å²) in [7, 11) is 0. The highest BCUT2D eigenvalue weighted by molar-refractivity contribution is 6.33. The third-order valence-corrected chi connectivity index (χ3v) is 4.65. The van der Waals surface area contributed by atoms with Gasteiger partial charge in [0.1, 0.15) is 5.82 Å². The fourth-order valence-electron chi connectivity index (χ4n) is 3.04. The standard InChI is InChI=1S/C20H15ClFN3O/c1-12-4-7-14(8-5-12)25-19(18-15(20(25)26)3-2-10-23-18)24-17-9-6-13(22)11-16(17)21/h2-11,19,24H,1H3/t19-/m0/s1. The second-order valence-corrected chi connectivity index (χ2v) is 6.53. The first-order valence-corrected chi connectivity index (χ1v) is 8.49. The smallest absolute Gasteiger partial charge is 0.262 e. The van der Waals surface area contributed by atoms with Crippen molar-refractivity contribution in [1.82, 2.24) is 4.98 Å². The summed E-state index contributed by atoms with van der Waals surface area (Å²) in [5.41, 5.74) is 3.51. The second-order valence-electron chi connectivity index (χ2n) is 6.12. The molecular weight excluding hydrogens is 353 g/mol. The van der Waals surface area contributed by atoms with Crippen LogP contribution in [0, 0.1) is 12.7 Å². The number of nitrogens with one attached hydrogen (secondary N) is 1. The molecule has 1 aromatic heterocycles. The van der Waals surface area contributed by atoms with Crippen molar-refractivity contribution in [3.05, 3.63) is 88.5 Å². The lowest BCUT2D eigenvalue weighted by atomic mass is 10.2. The van der Waals surface area contributed by atoms with Crippen molar-refractivity contribution in [2.75, 3.05) is 10.2 Å². The molecule has 130 valence electrons. The van der Waals surface area contributed by atoms with Gasteiger partial charge in [-0.05, 0) is 49.4 Å². The van der Waals surface area contributed by atoms with Crippen molar-refractivity contribution < 1.29 is 9.18 Å². The highest BCUT2D eigenvalue weighted by Crippen LogP contribution is 2.38. The van der Waals surface area contributed by atoms with Crippen molar-refractivity contribution in [1.29, 1.82) is 0 Å². The molecule has 4 nitrogen and oxygen atoms in total. The minimum absolute atomic E-state index is 0.146. The van der Waals surface area contributed by atoms with E-state index in [1.54, 1.807) is 29.3 Å². The van der Waals surface area contributed by atoms with Crippen molar-refractivity contribution >= 4 is 28.9 Å². The summed E-state index contributed by atoms with van der Waals surface area (Å²) >= 11 is 6.16. The Kier molecular flexibility index (Phi) is 4.09. The number of benzene rings is 2. The molecule has 0 saturated carbocycles. The van der Waals surface area contributed by atoms with Crippen LogP contribution in [0.15, 0.2) is 60.8 Å². The van der Waals surface area contributed by atoms with E-state index in [2.05, 4.69) is 10.3 Å². The van der Waals surface area contributed by atoms with E-state index in [0.717, 1.165) is 11.3 Å². The molecule has 4 rings (SSSR count). The number of pyridine rings is 1. The third-order valence-electron chi connectivity index (χ3n) is 4.34. The number of hydrogen-bond donors (Lipinski definition) is 1. The Morgan fingerprint density at radius 2 is 1.92 bits per heavy atom.